The molecule has 0 amide bonds. The second-order valence-corrected chi connectivity index (χ2v) is 18.9. The van der Waals surface area contributed by atoms with Gasteiger partial charge >= 0.3 is 0 Å². The van der Waals surface area contributed by atoms with E-state index in [2.05, 4.69) is 46.9 Å². The quantitative estimate of drug-likeness (QED) is 0.323. The molecule has 7 rings (SSSR count). The minimum absolute atomic E-state index is 0.430. The van der Waals surface area contributed by atoms with Crippen molar-refractivity contribution in [3.05, 3.63) is 0 Å². The zero-order valence-electron chi connectivity index (χ0n) is 28.1. The molecule has 41 heavy (non-hydrogen) atoms. The van der Waals surface area contributed by atoms with Crippen molar-refractivity contribution in [3.63, 3.8) is 0 Å². The third kappa shape index (κ3) is 5.02. The summed E-state index contributed by atoms with van der Waals surface area (Å²) < 4.78 is 0. The summed E-state index contributed by atoms with van der Waals surface area (Å²) in [5.41, 5.74) is 8.20. The number of nitrogens with one attached hydrogen (secondary N) is 1. The topological polar surface area (TPSA) is 38.0 Å². The second-order valence-electron chi connectivity index (χ2n) is 18.9. The van der Waals surface area contributed by atoms with E-state index in [1.54, 1.807) is 12.8 Å². The van der Waals surface area contributed by atoms with Crippen LogP contribution in [0.1, 0.15) is 144 Å². The SMILES string of the molecule is CC(CCC1CC(C2CC3C4CCCCC4C(C)(C)C3C2)NC1C)CC(N)C1CCC2C3CCCC3C(C)(C)C2C1. The van der Waals surface area contributed by atoms with E-state index >= 15 is 0 Å². The van der Waals surface area contributed by atoms with Gasteiger partial charge in [0.25, 0.3) is 0 Å². The Kier molecular flexibility index (Phi) is 8.00. The highest BCUT2D eigenvalue weighted by molar-refractivity contribution is 5.10. The molecule has 0 bridgehead atoms. The predicted octanol–water partition coefficient (Wildman–Crippen LogP) is 9.46. The van der Waals surface area contributed by atoms with E-state index in [1.165, 1.54) is 89.9 Å². The lowest BCUT2D eigenvalue weighted by molar-refractivity contribution is 0.0851. The van der Waals surface area contributed by atoms with Crippen LogP contribution in [-0.2, 0) is 0 Å². The first-order chi connectivity index (χ1) is 19.6. The van der Waals surface area contributed by atoms with E-state index in [0.717, 1.165) is 77.1 Å². The second kappa shape index (κ2) is 11.1. The van der Waals surface area contributed by atoms with Crippen molar-refractivity contribution < 1.29 is 0 Å². The molecule has 1 saturated heterocycles. The molecular formula is C39H68N2. The van der Waals surface area contributed by atoms with E-state index in [1.807, 2.05) is 0 Å². The van der Waals surface area contributed by atoms with Gasteiger partial charge in [-0.05, 0) is 166 Å². The van der Waals surface area contributed by atoms with Gasteiger partial charge in [-0.15, -0.1) is 0 Å². The lowest BCUT2D eigenvalue weighted by Crippen LogP contribution is -2.40. The Morgan fingerprint density at radius 1 is 0.707 bits per heavy atom. The summed E-state index contributed by atoms with van der Waals surface area (Å²) in [5, 5.41) is 4.17. The monoisotopic (exact) mass is 565 g/mol. The number of nitrogens with two attached hydrogens (primary N) is 1. The summed E-state index contributed by atoms with van der Waals surface area (Å²) in [7, 11) is 0. The van der Waals surface area contributed by atoms with E-state index in [4.69, 9.17) is 5.73 Å². The van der Waals surface area contributed by atoms with Crippen molar-refractivity contribution in [3.8, 4) is 0 Å². The highest BCUT2D eigenvalue weighted by atomic mass is 15.0. The molecule has 0 aromatic heterocycles. The molecule has 2 heteroatoms. The Balaban J connectivity index is 0.881. The van der Waals surface area contributed by atoms with Crippen molar-refractivity contribution in [2.45, 2.75) is 162 Å². The minimum Gasteiger partial charge on any atom is -0.327 e. The molecule has 1 aliphatic heterocycles. The summed E-state index contributed by atoms with van der Waals surface area (Å²) in [6.45, 7) is 15.6. The van der Waals surface area contributed by atoms with Crippen LogP contribution in [0.15, 0.2) is 0 Å². The minimum atomic E-state index is 0.430. The summed E-state index contributed by atoms with van der Waals surface area (Å²) in [6.07, 6.45) is 23.5. The van der Waals surface area contributed by atoms with E-state index < -0.39 is 0 Å². The summed E-state index contributed by atoms with van der Waals surface area (Å²) in [4.78, 5) is 0. The van der Waals surface area contributed by atoms with Crippen LogP contribution >= 0.6 is 0 Å². The lowest BCUT2D eigenvalue weighted by Gasteiger charge is -2.42. The van der Waals surface area contributed by atoms with Crippen LogP contribution in [-0.4, -0.2) is 18.1 Å². The number of rotatable bonds is 7. The predicted molar refractivity (Wildman–Crippen MR) is 173 cm³/mol. The largest absolute Gasteiger partial charge is 0.327 e. The number of hydrogen-bond donors (Lipinski definition) is 2. The van der Waals surface area contributed by atoms with Crippen molar-refractivity contribution in [2.75, 3.05) is 0 Å². The van der Waals surface area contributed by atoms with Gasteiger partial charge in [0.05, 0.1) is 0 Å². The third-order valence-electron chi connectivity index (χ3n) is 16.5. The van der Waals surface area contributed by atoms with Crippen LogP contribution in [0, 0.1) is 81.8 Å². The molecule has 15 atom stereocenters. The molecule has 6 aliphatic carbocycles. The molecule has 3 N–H and O–H groups in total. The van der Waals surface area contributed by atoms with E-state index in [-0.39, 0.29) is 0 Å². The van der Waals surface area contributed by atoms with Crippen molar-refractivity contribution in [1.82, 2.24) is 5.32 Å². The van der Waals surface area contributed by atoms with Crippen LogP contribution in [0.3, 0.4) is 0 Å². The smallest absolute Gasteiger partial charge is 0.0101 e. The Labute approximate surface area is 254 Å². The van der Waals surface area contributed by atoms with Crippen molar-refractivity contribution in [1.29, 1.82) is 0 Å². The van der Waals surface area contributed by atoms with Gasteiger partial charge in [0.2, 0.25) is 0 Å². The van der Waals surface area contributed by atoms with Gasteiger partial charge < -0.3 is 11.1 Å². The molecule has 0 aromatic carbocycles. The first-order valence-electron chi connectivity index (χ1n) is 19.1. The van der Waals surface area contributed by atoms with Gasteiger partial charge in [0, 0.05) is 18.1 Å². The highest BCUT2D eigenvalue weighted by Crippen LogP contribution is 2.66. The molecule has 2 nitrogen and oxygen atoms in total. The Bertz CT molecular complexity index is 923. The van der Waals surface area contributed by atoms with Gasteiger partial charge in [-0.3, -0.25) is 0 Å². The molecule has 0 spiro atoms. The Morgan fingerprint density at radius 2 is 1.34 bits per heavy atom. The summed E-state index contributed by atoms with van der Waals surface area (Å²) >= 11 is 0. The Morgan fingerprint density at radius 3 is 2.12 bits per heavy atom. The van der Waals surface area contributed by atoms with Crippen LogP contribution in [0.4, 0.5) is 0 Å². The molecular weight excluding hydrogens is 496 g/mol. The van der Waals surface area contributed by atoms with Gasteiger partial charge in [-0.2, -0.15) is 0 Å². The zero-order chi connectivity index (χ0) is 28.7. The van der Waals surface area contributed by atoms with E-state index in [9.17, 15) is 0 Å². The molecule has 15 unspecified atom stereocenters. The fraction of sp³-hybridized carbons (Fsp3) is 1.00. The maximum Gasteiger partial charge on any atom is 0.0101 e. The molecule has 234 valence electrons. The van der Waals surface area contributed by atoms with Crippen LogP contribution in [0.5, 0.6) is 0 Å². The van der Waals surface area contributed by atoms with Gasteiger partial charge in [-0.1, -0.05) is 60.3 Å². The molecule has 7 aliphatic rings. The van der Waals surface area contributed by atoms with Crippen molar-refractivity contribution >= 4 is 0 Å². The molecule has 7 fully saturated rings. The summed E-state index contributed by atoms with van der Waals surface area (Å²) in [5.74, 6) is 11.6. The van der Waals surface area contributed by atoms with Gasteiger partial charge in [0.15, 0.2) is 0 Å². The van der Waals surface area contributed by atoms with Crippen LogP contribution in [0.25, 0.3) is 0 Å². The van der Waals surface area contributed by atoms with Crippen LogP contribution < -0.4 is 11.1 Å². The average molecular weight is 565 g/mol. The molecule has 6 saturated carbocycles. The molecule has 0 aromatic rings. The summed E-state index contributed by atoms with van der Waals surface area (Å²) in [6, 6.07) is 1.93. The fourth-order valence-electron chi connectivity index (χ4n) is 14.4. The number of hydrogen-bond acceptors (Lipinski definition) is 2. The highest BCUT2D eigenvalue weighted by Gasteiger charge is 2.60. The number of fused-ring (bicyclic) bond motifs is 6. The van der Waals surface area contributed by atoms with Crippen molar-refractivity contribution in [2.24, 2.45) is 87.6 Å². The lowest BCUT2D eigenvalue weighted by atomic mass is 9.64. The molecule has 0 radical (unpaired) electrons. The first-order valence-corrected chi connectivity index (χ1v) is 19.1. The van der Waals surface area contributed by atoms with Gasteiger partial charge in [-0.25, -0.2) is 0 Å². The standard InChI is InChI=1S/C39H68N2/c1-23(18-36(40)26-16-17-30-28-11-9-13-33(28)38(3,4)34(30)20-26)14-15-25-22-37(41-24(25)2)27-19-31-29-10-7-8-12-32(29)39(5,6)35(31)21-27/h23-37,41H,7-22,40H2,1-6H3. The van der Waals surface area contributed by atoms with Crippen LogP contribution in [0.2, 0.25) is 0 Å². The van der Waals surface area contributed by atoms with E-state index in [0.29, 0.717) is 22.9 Å². The molecule has 1 heterocycles. The Hall–Kier alpha value is -0.0800. The maximum atomic E-state index is 7.05. The zero-order valence-corrected chi connectivity index (χ0v) is 28.1. The normalized spacial score (nSPS) is 51.1. The van der Waals surface area contributed by atoms with Gasteiger partial charge in [0.1, 0.15) is 0 Å². The third-order valence-corrected chi connectivity index (χ3v) is 16.5. The average Bonchev–Trinajstić information content (AvgIpc) is 3.74. The fourth-order valence-corrected chi connectivity index (χ4v) is 14.4. The maximum absolute atomic E-state index is 7.05. The first kappa shape index (κ1) is 29.6.